The van der Waals surface area contributed by atoms with Gasteiger partial charge in [0.2, 0.25) is 0 Å². The lowest BCUT2D eigenvalue weighted by atomic mass is 9.63. The number of hydrogen-bond acceptors (Lipinski definition) is 4. The van der Waals surface area contributed by atoms with Crippen molar-refractivity contribution in [3.63, 3.8) is 0 Å². The standard InChI is InChI=1S/C40H52O4/c1-10-38(6,7)31-16-18-32(19-17-31)40(26-28(3)24-25-37(4,5)27-40)33-20-22-34(23-21-33)43-35(41)29-12-14-30(15-13-29)36(42)44-39(8,9)11-2/h12-23,28H,10-11,24-27H2,1-9H3. The average Bonchev–Trinajstić information content (AvgIpc) is 3.12. The van der Waals surface area contributed by atoms with Gasteiger partial charge in [-0.05, 0) is 116 Å². The third-order valence-electron chi connectivity index (χ3n) is 10.1. The lowest BCUT2D eigenvalue weighted by molar-refractivity contribution is -0.00246. The first-order valence-electron chi connectivity index (χ1n) is 16.4. The van der Waals surface area contributed by atoms with Crippen LogP contribution in [0.2, 0.25) is 0 Å². The van der Waals surface area contributed by atoms with E-state index in [1.807, 2.05) is 32.9 Å². The fourth-order valence-electron chi connectivity index (χ4n) is 6.50. The monoisotopic (exact) mass is 596 g/mol. The summed E-state index contributed by atoms with van der Waals surface area (Å²) >= 11 is 0. The van der Waals surface area contributed by atoms with Gasteiger partial charge in [-0.1, -0.05) is 91.3 Å². The van der Waals surface area contributed by atoms with Crippen molar-refractivity contribution in [3.05, 3.63) is 101 Å². The summed E-state index contributed by atoms with van der Waals surface area (Å²) in [7, 11) is 0. The molecule has 0 aromatic heterocycles. The largest absolute Gasteiger partial charge is 0.456 e. The molecule has 4 heteroatoms. The highest BCUT2D eigenvalue weighted by Gasteiger charge is 2.43. The number of esters is 2. The minimum atomic E-state index is -0.542. The first kappa shape index (κ1) is 33.5. The zero-order valence-corrected chi connectivity index (χ0v) is 28.4. The van der Waals surface area contributed by atoms with Gasteiger partial charge < -0.3 is 9.47 Å². The molecule has 236 valence electrons. The number of carbonyl (C=O) groups is 2. The predicted molar refractivity (Wildman–Crippen MR) is 180 cm³/mol. The lowest BCUT2D eigenvalue weighted by Gasteiger charge is -2.40. The highest BCUT2D eigenvalue weighted by molar-refractivity contribution is 5.94. The van der Waals surface area contributed by atoms with Gasteiger partial charge in [-0.15, -0.1) is 0 Å². The molecule has 0 N–H and O–H groups in total. The summed E-state index contributed by atoms with van der Waals surface area (Å²) in [4.78, 5) is 25.5. The minimum absolute atomic E-state index is 0.131. The van der Waals surface area contributed by atoms with Gasteiger partial charge in [-0.3, -0.25) is 0 Å². The number of benzene rings is 3. The molecule has 0 saturated heterocycles. The quantitative estimate of drug-likeness (QED) is 0.140. The van der Waals surface area contributed by atoms with Gasteiger partial charge in [-0.25, -0.2) is 9.59 Å². The maximum atomic E-state index is 13.0. The summed E-state index contributed by atoms with van der Waals surface area (Å²) in [6.45, 7) is 19.8. The van der Waals surface area contributed by atoms with Crippen molar-refractivity contribution in [1.29, 1.82) is 0 Å². The van der Waals surface area contributed by atoms with Gasteiger partial charge in [0.1, 0.15) is 11.4 Å². The van der Waals surface area contributed by atoms with E-state index in [1.165, 1.54) is 29.5 Å². The molecular weight excluding hydrogens is 544 g/mol. The molecule has 0 radical (unpaired) electrons. The average molecular weight is 597 g/mol. The van der Waals surface area contributed by atoms with Crippen molar-refractivity contribution in [3.8, 4) is 5.75 Å². The van der Waals surface area contributed by atoms with E-state index < -0.39 is 17.5 Å². The summed E-state index contributed by atoms with van der Waals surface area (Å²) in [5.74, 6) is 0.234. The van der Waals surface area contributed by atoms with Crippen molar-refractivity contribution in [2.45, 2.75) is 117 Å². The Morgan fingerprint density at radius 1 is 0.773 bits per heavy atom. The summed E-state index contributed by atoms with van der Waals surface area (Å²) in [6, 6.07) is 24.0. The van der Waals surface area contributed by atoms with E-state index >= 15 is 0 Å². The van der Waals surface area contributed by atoms with E-state index in [4.69, 9.17) is 9.47 Å². The fraction of sp³-hybridized carbons (Fsp3) is 0.500. The second kappa shape index (κ2) is 12.9. The Hall–Kier alpha value is -3.40. The van der Waals surface area contributed by atoms with Crippen LogP contribution in [0.1, 0.15) is 138 Å². The Morgan fingerprint density at radius 2 is 1.30 bits per heavy atom. The van der Waals surface area contributed by atoms with Gasteiger partial charge in [-0.2, -0.15) is 0 Å². The normalized spacial score (nSPS) is 20.4. The van der Waals surface area contributed by atoms with Gasteiger partial charge >= 0.3 is 11.9 Å². The zero-order chi connectivity index (χ0) is 32.3. The molecule has 44 heavy (non-hydrogen) atoms. The van der Waals surface area contributed by atoms with Gasteiger partial charge in [0.15, 0.2) is 0 Å². The second-order valence-corrected chi connectivity index (χ2v) is 15.1. The molecule has 1 fully saturated rings. The summed E-state index contributed by atoms with van der Waals surface area (Å²) in [5.41, 5.74) is 4.45. The summed E-state index contributed by atoms with van der Waals surface area (Å²) in [5, 5.41) is 0. The third kappa shape index (κ3) is 7.62. The highest BCUT2D eigenvalue weighted by Crippen LogP contribution is 2.52. The van der Waals surface area contributed by atoms with Crippen LogP contribution in [0.4, 0.5) is 0 Å². The molecule has 1 saturated carbocycles. The molecule has 0 aliphatic heterocycles. The first-order chi connectivity index (χ1) is 20.6. The first-order valence-corrected chi connectivity index (χ1v) is 16.4. The van der Waals surface area contributed by atoms with Crippen LogP contribution >= 0.6 is 0 Å². The van der Waals surface area contributed by atoms with Crippen LogP contribution in [0.5, 0.6) is 5.75 Å². The van der Waals surface area contributed by atoms with Crippen LogP contribution in [-0.2, 0) is 15.6 Å². The molecule has 2 unspecified atom stereocenters. The van der Waals surface area contributed by atoms with Gasteiger partial charge in [0.25, 0.3) is 0 Å². The Bertz CT molecular complexity index is 1430. The van der Waals surface area contributed by atoms with Crippen molar-refractivity contribution in [2.24, 2.45) is 11.3 Å². The molecule has 3 aromatic rings. The fourth-order valence-corrected chi connectivity index (χ4v) is 6.50. The molecule has 1 aliphatic carbocycles. The smallest absolute Gasteiger partial charge is 0.343 e. The third-order valence-corrected chi connectivity index (χ3v) is 10.1. The molecule has 4 rings (SSSR count). The van der Waals surface area contributed by atoms with Crippen LogP contribution in [0.3, 0.4) is 0 Å². The maximum Gasteiger partial charge on any atom is 0.343 e. The Balaban J connectivity index is 1.59. The van der Waals surface area contributed by atoms with E-state index in [2.05, 4.69) is 77.9 Å². The second-order valence-electron chi connectivity index (χ2n) is 15.1. The number of rotatable bonds is 9. The molecule has 0 heterocycles. The zero-order valence-electron chi connectivity index (χ0n) is 28.4. The number of hydrogen-bond donors (Lipinski definition) is 0. The van der Waals surface area contributed by atoms with E-state index in [-0.39, 0.29) is 16.2 Å². The van der Waals surface area contributed by atoms with Gasteiger partial charge in [0, 0.05) is 5.41 Å². The number of carbonyl (C=O) groups excluding carboxylic acids is 2. The molecule has 3 aromatic carbocycles. The van der Waals surface area contributed by atoms with Crippen LogP contribution in [-0.4, -0.2) is 17.5 Å². The Labute approximate surface area is 265 Å². The van der Waals surface area contributed by atoms with Crippen molar-refractivity contribution < 1.29 is 19.1 Å². The van der Waals surface area contributed by atoms with Crippen LogP contribution in [0.15, 0.2) is 72.8 Å². The van der Waals surface area contributed by atoms with Crippen LogP contribution in [0, 0.1) is 11.3 Å². The SMILES string of the molecule is CCC(C)(C)OC(=O)c1ccc(C(=O)Oc2ccc(C3(c4ccc(C(C)(C)CC)cc4)CC(C)CCC(C)(C)C3)cc2)cc1. The molecular formula is C40H52O4. The molecule has 1 aliphatic rings. The molecule has 2 atom stereocenters. The van der Waals surface area contributed by atoms with Crippen molar-refractivity contribution >= 4 is 11.9 Å². The van der Waals surface area contributed by atoms with Crippen LogP contribution < -0.4 is 4.74 Å². The predicted octanol–water partition coefficient (Wildman–Crippen LogP) is 10.5. The minimum Gasteiger partial charge on any atom is -0.456 e. The molecule has 0 bridgehead atoms. The van der Waals surface area contributed by atoms with E-state index in [0.717, 1.165) is 19.3 Å². The van der Waals surface area contributed by atoms with Crippen molar-refractivity contribution in [1.82, 2.24) is 0 Å². The highest BCUT2D eigenvalue weighted by atomic mass is 16.6. The van der Waals surface area contributed by atoms with Crippen LogP contribution in [0.25, 0.3) is 0 Å². The number of ether oxygens (including phenoxy) is 2. The van der Waals surface area contributed by atoms with Gasteiger partial charge in [0.05, 0.1) is 11.1 Å². The Kier molecular flexibility index (Phi) is 9.83. The summed E-state index contributed by atoms with van der Waals surface area (Å²) < 4.78 is 11.3. The molecule has 0 amide bonds. The lowest BCUT2D eigenvalue weighted by Crippen LogP contribution is -2.33. The summed E-state index contributed by atoms with van der Waals surface area (Å²) in [6.07, 6.45) is 6.37. The van der Waals surface area contributed by atoms with E-state index in [0.29, 0.717) is 29.2 Å². The topological polar surface area (TPSA) is 52.6 Å². The molecule has 0 spiro atoms. The maximum absolute atomic E-state index is 13.0. The molecule has 4 nitrogen and oxygen atoms in total. The van der Waals surface area contributed by atoms with E-state index in [9.17, 15) is 9.59 Å². The van der Waals surface area contributed by atoms with Crippen molar-refractivity contribution in [2.75, 3.05) is 0 Å². The Morgan fingerprint density at radius 3 is 1.82 bits per heavy atom. The van der Waals surface area contributed by atoms with E-state index in [1.54, 1.807) is 24.3 Å².